The summed E-state index contributed by atoms with van der Waals surface area (Å²) in [4.78, 5) is 4.36. The molecule has 1 aromatic heterocycles. The number of benzene rings is 1. The first kappa shape index (κ1) is 11.4. The Morgan fingerprint density at radius 2 is 2.00 bits per heavy atom. The van der Waals surface area contributed by atoms with Gasteiger partial charge in [-0.1, -0.05) is 28.1 Å². The smallest absolute Gasteiger partial charge is 0.198 e. The van der Waals surface area contributed by atoms with Crippen LogP contribution in [-0.4, -0.2) is 11.5 Å². The summed E-state index contributed by atoms with van der Waals surface area (Å²) >= 11 is 3.40. The van der Waals surface area contributed by atoms with E-state index in [1.54, 1.807) is 6.26 Å². The molecule has 0 bridgehead atoms. The molecule has 84 valence electrons. The fraction of sp³-hybridized carbons (Fsp3) is 0.250. The average molecular weight is 281 g/mol. The summed E-state index contributed by atoms with van der Waals surface area (Å²) in [7, 11) is 0. The zero-order chi connectivity index (χ0) is 11.4. The summed E-state index contributed by atoms with van der Waals surface area (Å²) < 4.78 is 6.45. The Balaban J connectivity index is 2.05. The first-order valence-corrected chi connectivity index (χ1v) is 5.95. The fourth-order valence-electron chi connectivity index (χ4n) is 1.47. The molecular weight excluding hydrogens is 268 g/mol. The lowest BCUT2D eigenvalue weighted by atomic mass is 10.1. The second kappa shape index (κ2) is 5.27. The molecule has 0 radical (unpaired) electrons. The highest BCUT2D eigenvalue weighted by molar-refractivity contribution is 9.10. The van der Waals surface area contributed by atoms with Crippen molar-refractivity contribution in [3.8, 4) is 0 Å². The quantitative estimate of drug-likeness (QED) is 0.936. The van der Waals surface area contributed by atoms with Crippen LogP contribution in [0.3, 0.4) is 0 Å². The van der Waals surface area contributed by atoms with Crippen molar-refractivity contribution in [3.05, 3.63) is 52.1 Å². The summed E-state index contributed by atoms with van der Waals surface area (Å²) in [5.74, 6) is 0.741. The van der Waals surface area contributed by atoms with Gasteiger partial charge in [0.1, 0.15) is 6.26 Å². The van der Waals surface area contributed by atoms with E-state index >= 15 is 0 Å². The van der Waals surface area contributed by atoms with E-state index in [1.165, 1.54) is 5.56 Å². The first-order chi connectivity index (χ1) is 7.78. The van der Waals surface area contributed by atoms with E-state index < -0.39 is 0 Å². The minimum Gasteiger partial charge on any atom is -0.448 e. The number of rotatable bonds is 4. The largest absolute Gasteiger partial charge is 0.448 e. The van der Waals surface area contributed by atoms with Crippen molar-refractivity contribution >= 4 is 15.9 Å². The molecule has 0 spiro atoms. The third kappa shape index (κ3) is 2.93. The SMILES string of the molecule is NCCc1coc(Cc2ccc(Br)cc2)n1. The lowest BCUT2D eigenvalue weighted by Gasteiger charge is -1.97. The number of hydrogen-bond acceptors (Lipinski definition) is 3. The average Bonchev–Trinajstić information content (AvgIpc) is 2.70. The Bertz CT molecular complexity index is 450. The van der Waals surface area contributed by atoms with Gasteiger partial charge < -0.3 is 10.2 Å². The number of oxazole rings is 1. The van der Waals surface area contributed by atoms with Crippen LogP contribution in [0, 0.1) is 0 Å². The van der Waals surface area contributed by atoms with Crippen molar-refractivity contribution in [1.29, 1.82) is 0 Å². The van der Waals surface area contributed by atoms with Crippen LogP contribution in [0.5, 0.6) is 0 Å². The highest BCUT2D eigenvalue weighted by atomic mass is 79.9. The zero-order valence-corrected chi connectivity index (χ0v) is 10.4. The van der Waals surface area contributed by atoms with Crippen molar-refractivity contribution in [2.24, 2.45) is 5.73 Å². The van der Waals surface area contributed by atoms with E-state index in [2.05, 4.69) is 33.0 Å². The molecule has 1 aromatic carbocycles. The molecule has 0 aliphatic heterocycles. The van der Waals surface area contributed by atoms with Crippen LogP contribution < -0.4 is 5.73 Å². The van der Waals surface area contributed by atoms with Gasteiger partial charge in [-0.2, -0.15) is 0 Å². The van der Waals surface area contributed by atoms with Crippen LogP contribution >= 0.6 is 15.9 Å². The van der Waals surface area contributed by atoms with Gasteiger partial charge in [-0.25, -0.2) is 4.98 Å². The zero-order valence-electron chi connectivity index (χ0n) is 8.82. The normalized spacial score (nSPS) is 10.6. The highest BCUT2D eigenvalue weighted by Crippen LogP contribution is 2.14. The number of halogens is 1. The number of hydrogen-bond donors (Lipinski definition) is 1. The molecule has 0 unspecified atom stereocenters. The number of aromatic nitrogens is 1. The van der Waals surface area contributed by atoms with Crippen LogP contribution in [0.2, 0.25) is 0 Å². The molecule has 2 aromatic rings. The lowest BCUT2D eigenvalue weighted by Crippen LogP contribution is -2.02. The van der Waals surface area contributed by atoms with Gasteiger partial charge in [0.2, 0.25) is 0 Å². The van der Waals surface area contributed by atoms with Gasteiger partial charge in [0.15, 0.2) is 5.89 Å². The molecule has 0 aliphatic rings. The van der Waals surface area contributed by atoms with Gasteiger partial charge in [-0.05, 0) is 24.2 Å². The summed E-state index contributed by atoms with van der Waals surface area (Å²) in [6, 6.07) is 8.13. The van der Waals surface area contributed by atoms with Crippen molar-refractivity contribution < 1.29 is 4.42 Å². The molecular formula is C12H13BrN2O. The maximum absolute atomic E-state index is 5.45. The molecule has 0 saturated heterocycles. The van der Waals surface area contributed by atoms with Gasteiger partial charge in [0.05, 0.1) is 5.69 Å². The Hall–Kier alpha value is -1.13. The van der Waals surface area contributed by atoms with E-state index in [0.717, 1.165) is 28.9 Å². The molecule has 2 rings (SSSR count). The molecule has 0 aliphatic carbocycles. The van der Waals surface area contributed by atoms with Crippen LogP contribution in [0.15, 0.2) is 39.4 Å². The minimum atomic E-state index is 0.601. The number of nitrogens with zero attached hydrogens (tertiary/aromatic N) is 1. The van der Waals surface area contributed by atoms with Gasteiger partial charge in [0.25, 0.3) is 0 Å². The lowest BCUT2D eigenvalue weighted by molar-refractivity contribution is 0.506. The van der Waals surface area contributed by atoms with Gasteiger partial charge in [-0.15, -0.1) is 0 Å². The molecule has 1 heterocycles. The van der Waals surface area contributed by atoms with Gasteiger partial charge in [-0.3, -0.25) is 0 Å². The predicted octanol–water partition coefficient (Wildman–Crippen LogP) is 2.53. The standard InChI is InChI=1S/C12H13BrN2O/c13-10-3-1-9(2-4-10)7-12-15-11(5-6-14)8-16-12/h1-4,8H,5-7,14H2. The monoisotopic (exact) mass is 280 g/mol. The van der Waals surface area contributed by atoms with Crippen LogP contribution in [0.1, 0.15) is 17.1 Å². The molecule has 4 heteroatoms. The molecule has 3 nitrogen and oxygen atoms in total. The molecule has 0 saturated carbocycles. The van der Waals surface area contributed by atoms with Crippen molar-refractivity contribution in [2.75, 3.05) is 6.54 Å². The van der Waals surface area contributed by atoms with E-state index in [0.29, 0.717) is 6.54 Å². The molecule has 16 heavy (non-hydrogen) atoms. The maximum atomic E-state index is 5.45. The first-order valence-electron chi connectivity index (χ1n) is 5.15. The van der Waals surface area contributed by atoms with Gasteiger partial charge in [0, 0.05) is 17.3 Å². The van der Waals surface area contributed by atoms with E-state index in [4.69, 9.17) is 10.2 Å². The topological polar surface area (TPSA) is 52.0 Å². The molecule has 0 atom stereocenters. The summed E-state index contributed by atoms with van der Waals surface area (Å²) in [5, 5.41) is 0. The summed E-state index contributed by atoms with van der Waals surface area (Å²) in [5.41, 5.74) is 7.56. The second-order valence-corrected chi connectivity index (χ2v) is 4.49. The van der Waals surface area contributed by atoms with Crippen LogP contribution in [0.25, 0.3) is 0 Å². The molecule has 0 amide bonds. The molecule has 2 N–H and O–H groups in total. The van der Waals surface area contributed by atoms with Crippen molar-refractivity contribution in [3.63, 3.8) is 0 Å². The fourth-order valence-corrected chi connectivity index (χ4v) is 1.73. The summed E-state index contributed by atoms with van der Waals surface area (Å²) in [6.45, 7) is 0.601. The van der Waals surface area contributed by atoms with Crippen LogP contribution in [0.4, 0.5) is 0 Å². The summed E-state index contributed by atoms with van der Waals surface area (Å²) in [6.07, 6.45) is 3.17. The Labute approximate surface area is 103 Å². The third-order valence-electron chi connectivity index (χ3n) is 2.27. The van der Waals surface area contributed by atoms with E-state index in [-0.39, 0.29) is 0 Å². The Morgan fingerprint density at radius 3 is 2.69 bits per heavy atom. The predicted molar refractivity (Wildman–Crippen MR) is 66.2 cm³/mol. The van der Waals surface area contributed by atoms with Crippen molar-refractivity contribution in [2.45, 2.75) is 12.8 Å². The van der Waals surface area contributed by atoms with E-state index in [1.807, 2.05) is 12.1 Å². The highest BCUT2D eigenvalue weighted by Gasteiger charge is 2.04. The maximum Gasteiger partial charge on any atom is 0.198 e. The van der Waals surface area contributed by atoms with E-state index in [9.17, 15) is 0 Å². The molecule has 0 fully saturated rings. The third-order valence-corrected chi connectivity index (χ3v) is 2.80. The van der Waals surface area contributed by atoms with Crippen molar-refractivity contribution in [1.82, 2.24) is 4.98 Å². The number of nitrogens with two attached hydrogens (primary N) is 1. The van der Waals surface area contributed by atoms with Gasteiger partial charge >= 0.3 is 0 Å². The Kier molecular flexibility index (Phi) is 3.74. The minimum absolute atomic E-state index is 0.601. The van der Waals surface area contributed by atoms with Crippen LogP contribution in [-0.2, 0) is 12.8 Å². The Morgan fingerprint density at radius 1 is 1.25 bits per heavy atom. The second-order valence-electron chi connectivity index (χ2n) is 3.57.